The van der Waals surface area contributed by atoms with Crippen molar-refractivity contribution in [2.24, 2.45) is 0 Å². The van der Waals surface area contributed by atoms with Gasteiger partial charge in [-0.25, -0.2) is 4.79 Å². The van der Waals surface area contributed by atoms with Crippen molar-refractivity contribution in [1.82, 2.24) is 0 Å². The summed E-state index contributed by atoms with van der Waals surface area (Å²) in [5.74, 6) is 1.22. The first-order valence-corrected chi connectivity index (χ1v) is 4.44. The van der Waals surface area contributed by atoms with Crippen LogP contribution in [0.1, 0.15) is 6.92 Å². The molecule has 0 N–H and O–H groups in total. The molecule has 0 amide bonds. The lowest BCUT2D eigenvalue weighted by molar-refractivity contribution is -0.130. The molecule has 0 unspecified atom stereocenters. The Labute approximate surface area is 87.1 Å². The molecule has 4 nitrogen and oxygen atoms in total. The molecule has 1 aromatic rings. The summed E-state index contributed by atoms with van der Waals surface area (Å²) in [5, 5.41) is 0. The van der Waals surface area contributed by atoms with Gasteiger partial charge in [0.2, 0.25) is 6.79 Å². The third-order valence-electron chi connectivity index (χ3n) is 1.90. The Morgan fingerprint density at radius 1 is 1.40 bits per heavy atom. The normalized spacial score (nSPS) is 12.3. The van der Waals surface area contributed by atoms with Crippen LogP contribution in [0.25, 0.3) is 0 Å². The second kappa shape index (κ2) is 3.65. The minimum absolute atomic E-state index is 0.202. The molecule has 1 aromatic carbocycles. The van der Waals surface area contributed by atoms with Crippen LogP contribution in [0.2, 0.25) is 0 Å². The Morgan fingerprint density at radius 2 is 2.13 bits per heavy atom. The maximum absolute atomic E-state index is 11.2. The second-order valence-corrected chi connectivity index (χ2v) is 3.18. The summed E-state index contributed by atoms with van der Waals surface area (Å²) in [6.45, 7) is 5.29. The van der Waals surface area contributed by atoms with Gasteiger partial charge in [-0.15, -0.1) is 0 Å². The van der Waals surface area contributed by atoms with Crippen molar-refractivity contribution in [3.63, 3.8) is 0 Å². The van der Waals surface area contributed by atoms with E-state index in [0.717, 1.165) is 0 Å². The topological polar surface area (TPSA) is 44.8 Å². The van der Waals surface area contributed by atoms with Gasteiger partial charge in [0, 0.05) is 11.6 Å². The third kappa shape index (κ3) is 1.93. The lowest BCUT2D eigenvalue weighted by atomic mass is 10.3. The van der Waals surface area contributed by atoms with Crippen LogP contribution in [0, 0.1) is 0 Å². The van der Waals surface area contributed by atoms with Gasteiger partial charge in [0.25, 0.3) is 0 Å². The molecule has 0 spiro atoms. The molecular formula is C11H10O4. The van der Waals surface area contributed by atoms with E-state index in [4.69, 9.17) is 14.2 Å². The molecule has 0 atom stereocenters. The zero-order valence-corrected chi connectivity index (χ0v) is 8.28. The fourth-order valence-electron chi connectivity index (χ4n) is 1.13. The largest absolute Gasteiger partial charge is 0.454 e. The maximum atomic E-state index is 11.2. The predicted octanol–water partition coefficient (Wildman–Crippen LogP) is 1.90. The van der Waals surface area contributed by atoms with E-state index in [9.17, 15) is 4.79 Å². The van der Waals surface area contributed by atoms with E-state index in [-0.39, 0.29) is 6.79 Å². The molecule has 0 aromatic heterocycles. The molecule has 2 rings (SSSR count). The third-order valence-corrected chi connectivity index (χ3v) is 1.90. The van der Waals surface area contributed by atoms with Gasteiger partial charge in [0.15, 0.2) is 11.5 Å². The number of fused-ring (bicyclic) bond motifs is 1. The summed E-state index contributed by atoms with van der Waals surface area (Å²) in [6, 6.07) is 4.96. The zero-order valence-electron chi connectivity index (χ0n) is 8.28. The molecular weight excluding hydrogens is 196 g/mol. The molecule has 1 heterocycles. The first-order chi connectivity index (χ1) is 7.16. The van der Waals surface area contributed by atoms with Crippen LogP contribution >= 0.6 is 0 Å². The summed E-state index contributed by atoms with van der Waals surface area (Å²) >= 11 is 0. The van der Waals surface area contributed by atoms with Gasteiger partial charge in [0.05, 0.1) is 0 Å². The van der Waals surface area contributed by atoms with Crippen LogP contribution in [0.15, 0.2) is 30.4 Å². The summed E-state index contributed by atoms with van der Waals surface area (Å²) in [6.07, 6.45) is 0. The standard InChI is InChI=1S/C11H10O4/c1-7(2)11(12)15-8-3-4-9-10(5-8)14-6-13-9/h3-5H,1,6H2,2H3. The van der Waals surface area contributed by atoms with Crippen molar-refractivity contribution < 1.29 is 19.0 Å². The maximum Gasteiger partial charge on any atom is 0.338 e. The van der Waals surface area contributed by atoms with Crippen LogP contribution in [-0.2, 0) is 4.79 Å². The fraction of sp³-hybridized carbons (Fsp3) is 0.182. The van der Waals surface area contributed by atoms with E-state index < -0.39 is 5.97 Å². The molecule has 15 heavy (non-hydrogen) atoms. The van der Waals surface area contributed by atoms with Crippen LogP contribution in [0.5, 0.6) is 17.2 Å². The van der Waals surface area contributed by atoms with Gasteiger partial charge in [0.1, 0.15) is 5.75 Å². The lowest BCUT2D eigenvalue weighted by Crippen LogP contribution is -2.07. The van der Waals surface area contributed by atoms with Crippen molar-refractivity contribution in [1.29, 1.82) is 0 Å². The molecule has 0 saturated heterocycles. The summed E-state index contributed by atoms with van der Waals surface area (Å²) in [4.78, 5) is 11.2. The lowest BCUT2D eigenvalue weighted by Gasteiger charge is -2.04. The SMILES string of the molecule is C=C(C)C(=O)Oc1ccc2c(c1)OCO2. The molecule has 0 fully saturated rings. The van der Waals surface area contributed by atoms with Gasteiger partial charge >= 0.3 is 5.97 Å². The van der Waals surface area contributed by atoms with E-state index in [1.165, 1.54) is 0 Å². The highest BCUT2D eigenvalue weighted by molar-refractivity contribution is 5.88. The molecule has 1 aliphatic heterocycles. The average Bonchev–Trinajstić information content (AvgIpc) is 2.64. The molecule has 0 saturated carbocycles. The number of esters is 1. The summed E-state index contributed by atoms with van der Waals surface area (Å²) < 4.78 is 15.3. The first-order valence-electron chi connectivity index (χ1n) is 4.44. The van der Waals surface area contributed by atoms with Crippen LogP contribution in [-0.4, -0.2) is 12.8 Å². The van der Waals surface area contributed by atoms with Gasteiger partial charge in [-0.3, -0.25) is 0 Å². The first kappa shape index (κ1) is 9.58. The highest BCUT2D eigenvalue weighted by Gasteiger charge is 2.15. The van der Waals surface area contributed by atoms with Crippen molar-refractivity contribution in [3.8, 4) is 17.2 Å². The smallest absolute Gasteiger partial charge is 0.338 e. The number of ether oxygens (including phenoxy) is 3. The van der Waals surface area contributed by atoms with E-state index in [0.29, 0.717) is 22.8 Å². The summed E-state index contributed by atoms with van der Waals surface area (Å²) in [7, 11) is 0. The Morgan fingerprint density at radius 3 is 2.87 bits per heavy atom. The quantitative estimate of drug-likeness (QED) is 0.421. The van der Waals surface area contributed by atoms with Gasteiger partial charge in [-0.05, 0) is 19.1 Å². The highest BCUT2D eigenvalue weighted by atomic mass is 16.7. The minimum Gasteiger partial charge on any atom is -0.454 e. The number of hydrogen-bond donors (Lipinski definition) is 0. The molecule has 78 valence electrons. The van der Waals surface area contributed by atoms with Crippen LogP contribution in [0.4, 0.5) is 0 Å². The highest BCUT2D eigenvalue weighted by Crippen LogP contribution is 2.35. The fourth-order valence-corrected chi connectivity index (χ4v) is 1.13. The second-order valence-electron chi connectivity index (χ2n) is 3.18. The number of carbonyl (C=O) groups excluding carboxylic acids is 1. The Balaban J connectivity index is 2.17. The number of rotatable bonds is 2. The molecule has 0 radical (unpaired) electrons. The molecule has 1 aliphatic rings. The van der Waals surface area contributed by atoms with E-state index in [2.05, 4.69) is 6.58 Å². The van der Waals surface area contributed by atoms with Crippen molar-refractivity contribution in [3.05, 3.63) is 30.4 Å². The number of carbonyl (C=O) groups is 1. The van der Waals surface area contributed by atoms with Crippen LogP contribution in [0.3, 0.4) is 0 Å². The predicted molar refractivity (Wildman–Crippen MR) is 53.0 cm³/mol. The average molecular weight is 206 g/mol. The van der Waals surface area contributed by atoms with Crippen molar-refractivity contribution in [2.75, 3.05) is 6.79 Å². The van der Waals surface area contributed by atoms with Crippen molar-refractivity contribution >= 4 is 5.97 Å². The number of benzene rings is 1. The van der Waals surface area contributed by atoms with Gasteiger partial charge in [-0.1, -0.05) is 6.58 Å². The van der Waals surface area contributed by atoms with Crippen molar-refractivity contribution in [2.45, 2.75) is 6.92 Å². The van der Waals surface area contributed by atoms with E-state index in [1.807, 2.05) is 0 Å². The zero-order chi connectivity index (χ0) is 10.8. The number of hydrogen-bond acceptors (Lipinski definition) is 4. The summed E-state index contributed by atoms with van der Waals surface area (Å²) in [5.41, 5.74) is 0.354. The Bertz CT molecular complexity index is 423. The molecule has 0 aliphatic carbocycles. The minimum atomic E-state index is -0.450. The van der Waals surface area contributed by atoms with Crippen LogP contribution < -0.4 is 14.2 Å². The van der Waals surface area contributed by atoms with Gasteiger partial charge in [-0.2, -0.15) is 0 Å². The molecule has 4 heteroatoms. The van der Waals surface area contributed by atoms with E-state index >= 15 is 0 Å². The Hall–Kier alpha value is -1.97. The van der Waals surface area contributed by atoms with E-state index in [1.54, 1.807) is 25.1 Å². The molecule has 0 bridgehead atoms. The monoisotopic (exact) mass is 206 g/mol. The van der Waals surface area contributed by atoms with Gasteiger partial charge < -0.3 is 14.2 Å². The Kier molecular flexibility index (Phi) is 2.33.